The maximum Gasteiger partial charge on any atom is 0.335 e. The number of amides is 1. The summed E-state index contributed by atoms with van der Waals surface area (Å²) in [5, 5.41) is 9.23. The Bertz CT molecular complexity index is 818. The van der Waals surface area contributed by atoms with Crippen molar-refractivity contribution in [3.63, 3.8) is 0 Å². The number of hydrogen-bond acceptors (Lipinski definition) is 2. The van der Waals surface area contributed by atoms with Crippen LogP contribution in [0.2, 0.25) is 0 Å². The fourth-order valence-electron chi connectivity index (χ4n) is 2.79. The van der Waals surface area contributed by atoms with Crippen LogP contribution in [0.1, 0.15) is 34.3 Å². The number of nitrogens with zero attached hydrogens (tertiary/aromatic N) is 1. The molecule has 3 rings (SSSR count). The van der Waals surface area contributed by atoms with Crippen molar-refractivity contribution in [2.75, 3.05) is 0 Å². The second-order valence-corrected chi connectivity index (χ2v) is 6.13. The summed E-state index contributed by atoms with van der Waals surface area (Å²) in [7, 11) is 0. The number of rotatable bonds is 6. The molecular weight excluding hydrogens is 328 g/mol. The fourth-order valence-corrected chi connectivity index (χ4v) is 2.79. The standard InChI is InChI=1S/C19H17F2NO3/c20-14-6-5-13(17(21)10-14)11-22(15-7-8-15)18(23)9-12-3-1-2-4-16(12)19(24)25/h1-6,10,15H,7-9,11H2,(H,24,25). The van der Waals surface area contributed by atoms with Gasteiger partial charge in [-0.3, -0.25) is 4.79 Å². The Morgan fingerprint density at radius 1 is 1.08 bits per heavy atom. The lowest BCUT2D eigenvalue weighted by Gasteiger charge is -2.23. The average molecular weight is 345 g/mol. The Hall–Kier alpha value is -2.76. The molecule has 0 aliphatic heterocycles. The molecule has 1 aliphatic carbocycles. The molecule has 2 aromatic rings. The van der Waals surface area contributed by atoms with E-state index in [0.29, 0.717) is 5.56 Å². The van der Waals surface area contributed by atoms with E-state index in [9.17, 15) is 23.5 Å². The van der Waals surface area contributed by atoms with Crippen LogP contribution >= 0.6 is 0 Å². The van der Waals surface area contributed by atoms with Gasteiger partial charge in [0.15, 0.2) is 0 Å². The van der Waals surface area contributed by atoms with Gasteiger partial charge in [-0.05, 0) is 30.5 Å². The Kier molecular flexibility index (Phi) is 4.79. The van der Waals surface area contributed by atoms with E-state index < -0.39 is 17.6 Å². The highest BCUT2D eigenvalue weighted by atomic mass is 19.1. The molecule has 0 spiro atoms. The largest absolute Gasteiger partial charge is 0.478 e. The van der Waals surface area contributed by atoms with Crippen LogP contribution in [0.5, 0.6) is 0 Å². The number of aromatic carboxylic acids is 1. The van der Waals surface area contributed by atoms with Crippen LogP contribution in [0.3, 0.4) is 0 Å². The van der Waals surface area contributed by atoms with Gasteiger partial charge in [-0.15, -0.1) is 0 Å². The zero-order valence-electron chi connectivity index (χ0n) is 13.4. The number of carboxylic acids is 1. The van der Waals surface area contributed by atoms with Crippen LogP contribution in [-0.2, 0) is 17.8 Å². The third-order valence-corrected chi connectivity index (χ3v) is 4.25. The minimum atomic E-state index is -1.09. The van der Waals surface area contributed by atoms with Crippen LogP contribution in [0.4, 0.5) is 8.78 Å². The van der Waals surface area contributed by atoms with E-state index in [2.05, 4.69) is 0 Å². The first-order valence-corrected chi connectivity index (χ1v) is 8.00. The lowest BCUT2D eigenvalue weighted by atomic mass is 10.0. The number of carbonyl (C=O) groups excluding carboxylic acids is 1. The van der Waals surface area contributed by atoms with Crippen molar-refractivity contribution < 1.29 is 23.5 Å². The van der Waals surface area contributed by atoms with E-state index >= 15 is 0 Å². The third kappa shape index (κ3) is 4.02. The quantitative estimate of drug-likeness (QED) is 0.873. The lowest BCUT2D eigenvalue weighted by Crippen LogP contribution is -2.34. The Balaban J connectivity index is 1.79. The predicted octanol–water partition coefficient (Wildman–Crippen LogP) is 3.40. The second-order valence-electron chi connectivity index (χ2n) is 6.13. The summed E-state index contributed by atoms with van der Waals surface area (Å²) < 4.78 is 26.9. The molecule has 1 N–H and O–H groups in total. The Morgan fingerprint density at radius 2 is 1.80 bits per heavy atom. The van der Waals surface area contributed by atoms with Crippen LogP contribution in [0.15, 0.2) is 42.5 Å². The maximum atomic E-state index is 13.9. The van der Waals surface area contributed by atoms with E-state index in [4.69, 9.17) is 0 Å². The van der Waals surface area contributed by atoms with Gasteiger partial charge < -0.3 is 10.0 Å². The number of hydrogen-bond donors (Lipinski definition) is 1. The lowest BCUT2D eigenvalue weighted by molar-refractivity contribution is -0.131. The van der Waals surface area contributed by atoms with Gasteiger partial charge in [-0.1, -0.05) is 24.3 Å². The molecule has 0 saturated heterocycles. The first-order chi connectivity index (χ1) is 12.0. The van der Waals surface area contributed by atoms with Crippen LogP contribution in [0, 0.1) is 11.6 Å². The monoisotopic (exact) mass is 345 g/mol. The first-order valence-electron chi connectivity index (χ1n) is 8.00. The summed E-state index contributed by atoms with van der Waals surface area (Å²) in [5.41, 5.74) is 0.748. The van der Waals surface area contributed by atoms with Gasteiger partial charge in [-0.25, -0.2) is 13.6 Å². The molecule has 0 atom stereocenters. The molecule has 1 aliphatic rings. The van der Waals surface area contributed by atoms with Crippen molar-refractivity contribution in [3.05, 3.63) is 70.8 Å². The number of carboxylic acid groups (broad SMARTS) is 1. The predicted molar refractivity (Wildman–Crippen MR) is 87.0 cm³/mol. The maximum absolute atomic E-state index is 13.9. The molecule has 130 valence electrons. The van der Waals surface area contributed by atoms with Gasteiger partial charge in [0.1, 0.15) is 11.6 Å². The normalized spacial score (nSPS) is 13.5. The van der Waals surface area contributed by atoms with Gasteiger partial charge in [0.2, 0.25) is 5.91 Å². The zero-order valence-corrected chi connectivity index (χ0v) is 13.4. The van der Waals surface area contributed by atoms with Crippen molar-refractivity contribution in [3.8, 4) is 0 Å². The van der Waals surface area contributed by atoms with E-state index in [1.165, 1.54) is 12.1 Å². The van der Waals surface area contributed by atoms with Gasteiger partial charge in [-0.2, -0.15) is 0 Å². The smallest absolute Gasteiger partial charge is 0.335 e. The molecule has 0 heterocycles. The van der Waals surface area contributed by atoms with E-state index in [-0.39, 0.29) is 36.0 Å². The van der Waals surface area contributed by atoms with Crippen LogP contribution in [-0.4, -0.2) is 27.9 Å². The molecule has 2 aromatic carbocycles. The van der Waals surface area contributed by atoms with E-state index in [1.54, 1.807) is 23.1 Å². The minimum Gasteiger partial charge on any atom is -0.478 e. The van der Waals surface area contributed by atoms with E-state index in [0.717, 1.165) is 25.0 Å². The molecule has 0 bridgehead atoms. The van der Waals surface area contributed by atoms with Crippen molar-refractivity contribution >= 4 is 11.9 Å². The van der Waals surface area contributed by atoms with Gasteiger partial charge in [0, 0.05) is 24.2 Å². The molecule has 25 heavy (non-hydrogen) atoms. The molecule has 0 aromatic heterocycles. The fraction of sp³-hybridized carbons (Fsp3) is 0.263. The molecule has 0 radical (unpaired) electrons. The molecule has 1 fully saturated rings. The minimum absolute atomic E-state index is 0.0222. The summed E-state index contributed by atoms with van der Waals surface area (Å²) in [5.74, 6) is -2.71. The average Bonchev–Trinajstić information content (AvgIpc) is 3.39. The van der Waals surface area contributed by atoms with Crippen molar-refractivity contribution in [2.45, 2.75) is 31.8 Å². The van der Waals surface area contributed by atoms with Crippen molar-refractivity contribution in [2.24, 2.45) is 0 Å². The Labute approximate surface area is 143 Å². The van der Waals surface area contributed by atoms with Crippen LogP contribution < -0.4 is 0 Å². The van der Waals surface area contributed by atoms with Crippen molar-refractivity contribution in [1.82, 2.24) is 4.90 Å². The number of carbonyl (C=O) groups is 2. The summed E-state index contributed by atoms with van der Waals surface area (Å²) in [6.45, 7) is 0.0465. The Morgan fingerprint density at radius 3 is 2.44 bits per heavy atom. The highest BCUT2D eigenvalue weighted by Crippen LogP contribution is 2.30. The summed E-state index contributed by atoms with van der Waals surface area (Å²) in [6, 6.07) is 9.64. The third-order valence-electron chi connectivity index (χ3n) is 4.25. The number of halogens is 2. The molecule has 1 saturated carbocycles. The first kappa shape index (κ1) is 17.1. The molecular formula is C19H17F2NO3. The highest BCUT2D eigenvalue weighted by molar-refractivity contribution is 5.91. The summed E-state index contributed by atoms with van der Waals surface area (Å²) in [6.07, 6.45) is 1.59. The molecule has 1 amide bonds. The van der Waals surface area contributed by atoms with Crippen molar-refractivity contribution in [1.29, 1.82) is 0 Å². The van der Waals surface area contributed by atoms with Gasteiger partial charge >= 0.3 is 5.97 Å². The van der Waals surface area contributed by atoms with Gasteiger partial charge in [0.05, 0.1) is 12.0 Å². The van der Waals surface area contributed by atoms with Gasteiger partial charge in [0.25, 0.3) is 0 Å². The van der Waals surface area contributed by atoms with E-state index in [1.807, 2.05) is 0 Å². The molecule has 6 heteroatoms. The molecule has 0 unspecified atom stereocenters. The zero-order chi connectivity index (χ0) is 18.0. The SMILES string of the molecule is O=C(O)c1ccccc1CC(=O)N(Cc1ccc(F)cc1F)C1CC1. The summed E-state index contributed by atoms with van der Waals surface area (Å²) in [4.78, 5) is 25.5. The molecule has 4 nitrogen and oxygen atoms in total. The van der Waals surface area contributed by atoms with Crippen LogP contribution in [0.25, 0.3) is 0 Å². The number of benzene rings is 2. The highest BCUT2D eigenvalue weighted by Gasteiger charge is 2.33. The summed E-state index contributed by atoms with van der Waals surface area (Å²) >= 11 is 0. The topological polar surface area (TPSA) is 57.6 Å². The second kappa shape index (κ2) is 7.01.